The quantitative estimate of drug-likeness (QED) is 0.896. The van der Waals surface area contributed by atoms with Crippen molar-refractivity contribution in [3.63, 3.8) is 0 Å². The molecule has 0 aliphatic heterocycles. The number of amides is 1. The number of rotatable bonds is 5. The molecule has 1 aromatic heterocycles. The van der Waals surface area contributed by atoms with E-state index in [4.69, 9.17) is 4.42 Å². The lowest BCUT2D eigenvalue weighted by Gasteiger charge is -2.10. The van der Waals surface area contributed by atoms with E-state index in [0.717, 1.165) is 18.4 Å². The molecule has 1 heterocycles. The SMILES string of the molecule is CCCC(C)NC(=O)c1ccc(-c2ccc(F)cc2)o1. The summed E-state index contributed by atoms with van der Waals surface area (Å²) in [4.78, 5) is 12.0. The van der Waals surface area contributed by atoms with Gasteiger partial charge in [-0.05, 0) is 49.7 Å². The number of carbonyl (C=O) groups is 1. The molecule has 0 radical (unpaired) electrons. The van der Waals surface area contributed by atoms with Crippen LogP contribution in [0.4, 0.5) is 4.39 Å². The maximum atomic E-state index is 12.9. The van der Waals surface area contributed by atoms with Crippen molar-refractivity contribution >= 4 is 5.91 Å². The van der Waals surface area contributed by atoms with Gasteiger partial charge in [0.25, 0.3) is 5.91 Å². The summed E-state index contributed by atoms with van der Waals surface area (Å²) in [6.07, 6.45) is 1.94. The van der Waals surface area contributed by atoms with Crippen molar-refractivity contribution in [1.29, 1.82) is 0 Å². The van der Waals surface area contributed by atoms with Crippen LogP contribution in [0.1, 0.15) is 37.2 Å². The molecule has 1 atom stereocenters. The predicted octanol–water partition coefficient (Wildman–Crippen LogP) is 4.00. The Morgan fingerprint density at radius 2 is 1.95 bits per heavy atom. The first kappa shape index (κ1) is 14.3. The number of benzene rings is 1. The van der Waals surface area contributed by atoms with Gasteiger partial charge in [-0.15, -0.1) is 0 Å². The van der Waals surface area contributed by atoms with Gasteiger partial charge in [0.1, 0.15) is 11.6 Å². The van der Waals surface area contributed by atoms with Crippen molar-refractivity contribution in [3.8, 4) is 11.3 Å². The second-order valence-electron chi connectivity index (χ2n) is 4.83. The fourth-order valence-corrected chi connectivity index (χ4v) is 2.03. The van der Waals surface area contributed by atoms with Crippen LogP contribution in [0.15, 0.2) is 40.8 Å². The minimum Gasteiger partial charge on any atom is -0.451 e. The lowest BCUT2D eigenvalue weighted by Crippen LogP contribution is -2.32. The van der Waals surface area contributed by atoms with E-state index in [2.05, 4.69) is 12.2 Å². The normalized spacial score (nSPS) is 12.2. The lowest BCUT2D eigenvalue weighted by atomic mass is 10.2. The van der Waals surface area contributed by atoms with Gasteiger partial charge in [-0.2, -0.15) is 0 Å². The number of furan rings is 1. The predicted molar refractivity (Wildman–Crippen MR) is 75.9 cm³/mol. The molecule has 106 valence electrons. The Labute approximate surface area is 117 Å². The standard InChI is InChI=1S/C16H18FNO2/c1-3-4-11(2)18-16(19)15-10-9-14(20-15)12-5-7-13(17)8-6-12/h5-11H,3-4H2,1-2H3,(H,18,19). The average Bonchev–Trinajstić information content (AvgIpc) is 2.89. The van der Waals surface area contributed by atoms with Gasteiger partial charge in [-0.1, -0.05) is 13.3 Å². The zero-order valence-electron chi connectivity index (χ0n) is 11.7. The van der Waals surface area contributed by atoms with Crippen LogP contribution in [0.5, 0.6) is 0 Å². The van der Waals surface area contributed by atoms with Crippen molar-refractivity contribution in [3.05, 3.63) is 48.0 Å². The molecule has 0 bridgehead atoms. The van der Waals surface area contributed by atoms with E-state index < -0.39 is 0 Å². The molecule has 0 saturated heterocycles. The summed E-state index contributed by atoms with van der Waals surface area (Å²) in [7, 11) is 0. The summed E-state index contributed by atoms with van der Waals surface area (Å²) in [5.74, 6) is 0.302. The molecule has 3 nitrogen and oxygen atoms in total. The zero-order chi connectivity index (χ0) is 14.5. The molecule has 0 fully saturated rings. The maximum Gasteiger partial charge on any atom is 0.287 e. The van der Waals surface area contributed by atoms with Gasteiger partial charge in [0.2, 0.25) is 0 Å². The van der Waals surface area contributed by atoms with Gasteiger partial charge in [-0.3, -0.25) is 4.79 Å². The number of carbonyl (C=O) groups excluding carboxylic acids is 1. The van der Waals surface area contributed by atoms with E-state index in [-0.39, 0.29) is 23.5 Å². The van der Waals surface area contributed by atoms with Crippen molar-refractivity contribution in [2.45, 2.75) is 32.7 Å². The Morgan fingerprint density at radius 3 is 2.60 bits per heavy atom. The first-order chi connectivity index (χ1) is 9.60. The topological polar surface area (TPSA) is 42.2 Å². The van der Waals surface area contributed by atoms with Gasteiger partial charge in [0.15, 0.2) is 5.76 Å². The summed E-state index contributed by atoms with van der Waals surface area (Å²) in [5.41, 5.74) is 0.743. The van der Waals surface area contributed by atoms with Gasteiger partial charge in [0, 0.05) is 11.6 Å². The van der Waals surface area contributed by atoms with Crippen molar-refractivity contribution in [2.75, 3.05) is 0 Å². The van der Waals surface area contributed by atoms with E-state index in [0.29, 0.717) is 5.76 Å². The highest BCUT2D eigenvalue weighted by molar-refractivity contribution is 5.92. The minimum absolute atomic E-state index is 0.117. The lowest BCUT2D eigenvalue weighted by molar-refractivity contribution is 0.0911. The van der Waals surface area contributed by atoms with Crippen LogP contribution in [0.3, 0.4) is 0 Å². The second-order valence-corrected chi connectivity index (χ2v) is 4.83. The fourth-order valence-electron chi connectivity index (χ4n) is 2.03. The van der Waals surface area contributed by atoms with Crippen LogP contribution in [0, 0.1) is 5.82 Å². The molecule has 0 spiro atoms. The first-order valence-electron chi connectivity index (χ1n) is 6.76. The molecular formula is C16H18FNO2. The molecule has 1 amide bonds. The van der Waals surface area contributed by atoms with Crippen LogP contribution in [-0.2, 0) is 0 Å². The van der Waals surface area contributed by atoms with Gasteiger partial charge in [0.05, 0.1) is 0 Å². The molecule has 1 aromatic carbocycles. The average molecular weight is 275 g/mol. The molecule has 4 heteroatoms. The Balaban J connectivity index is 2.08. The van der Waals surface area contributed by atoms with Crippen LogP contribution in [0.25, 0.3) is 11.3 Å². The zero-order valence-corrected chi connectivity index (χ0v) is 11.7. The molecule has 0 aliphatic carbocycles. The molecule has 1 unspecified atom stereocenters. The van der Waals surface area contributed by atoms with Gasteiger partial charge in [-0.25, -0.2) is 4.39 Å². The van der Waals surface area contributed by atoms with E-state index in [1.54, 1.807) is 24.3 Å². The summed E-state index contributed by atoms with van der Waals surface area (Å²) in [6, 6.07) is 9.43. The highest BCUT2D eigenvalue weighted by Crippen LogP contribution is 2.22. The second kappa shape index (κ2) is 6.37. The monoisotopic (exact) mass is 275 g/mol. The van der Waals surface area contributed by atoms with Crippen LogP contribution in [0.2, 0.25) is 0 Å². The summed E-state index contributed by atoms with van der Waals surface area (Å²) < 4.78 is 18.4. The molecule has 2 aromatic rings. The number of hydrogen-bond donors (Lipinski definition) is 1. The highest BCUT2D eigenvalue weighted by atomic mass is 19.1. The molecule has 2 rings (SSSR count). The van der Waals surface area contributed by atoms with Crippen molar-refractivity contribution in [2.24, 2.45) is 0 Å². The number of nitrogens with one attached hydrogen (secondary N) is 1. The van der Waals surface area contributed by atoms with Crippen LogP contribution < -0.4 is 5.32 Å². The third kappa shape index (κ3) is 3.47. The number of hydrogen-bond acceptors (Lipinski definition) is 2. The van der Waals surface area contributed by atoms with Gasteiger partial charge < -0.3 is 9.73 Å². The third-order valence-corrected chi connectivity index (χ3v) is 3.06. The molecular weight excluding hydrogens is 257 g/mol. The summed E-state index contributed by atoms with van der Waals surface area (Å²) in [6.45, 7) is 4.04. The third-order valence-electron chi connectivity index (χ3n) is 3.06. The maximum absolute atomic E-state index is 12.9. The van der Waals surface area contributed by atoms with E-state index in [9.17, 15) is 9.18 Å². The van der Waals surface area contributed by atoms with Crippen LogP contribution in [-0.4, -0.2) is 11.9 Å². The number of halogens is 1. The Kier molecular flexibility index (Phi) is 4.56. The summed E-state index contributed by atoms with van der Waals surface area (Å²) >= 11 is 0. The van der Waals surface area contributed by atoms with Crippen molar-refractivity contribution < 1.29 is 13.6 Å². The minimum atomic E-state index is -0.299. The Bertz CT molecular complexity index is 574. The molecule has 0 saturated carbocycles. The molecule has 1 N–H and O–H groups in total. The first-order valence-corrected chi connectivity index (χ1v) is 6.76. The van der Waals surface area contributed by atoms with E-state index >= 15 is 0 Å². The smallest absolute Gasteiger partial charge is 0.287 e. The Hall–Kier alpha value is -2.10. The molecule has 0 aliphatic rings. The largest absolute Gasteiger partial charge is 0.451 e. The molecule has 20 heavy (non-hydrogen) atoms. The van der Waals surface area contributed by atoms with Crippen molar-refractivity contribution in [1.82, 2.24) is 5.32 Å². The van der Waals surface area contributed by atoms with E-state index in [1.165, 1.54) is 12.1 Å². The van der Waals surface area contributed by atoms with Crippen LogP contribution >= 0.6 is 0 Å². The van der Waals surface area contributed by atoms with Gasteiger partial charge >= 0.3 is 0 Å². The summed E-state index contributed by atoms with van der Waals surface area (Å²) in [5, 5.41) is 2.88. The Morgan fingerprint density at radius 1 is 1.25 bits per heavy atom. The highest BCUT2D eigenvalue weighted by Gasteiger charge is 2.14. The fraction of sp³-hybridized carbons (Fsp3) is 0.312. The van der Waals surface area contributed by atoms with E-state index in [1.807, 2.05) is 6.92 Å².